The van der Waals surface area contributed by atoms with Crippen LogP contribution in [0.15, 0.2) is 0 Å². The SMILES string of the molecule is ClC1CC[SiH](Cl)C(Cl)C1Cl.Cl[SiH](Cl)Cl. The Morgan fingerprint density at radius 2 is 1.50 bits per heavy atom. The molecule has 0 bridgehead atoms. The smallest absolute Gasteiger partial charge is 0.170 e. The van der Waals surface area contributed by atoms with E-state index < -0.39 is 14.8 Å². The first-order valence-electron chi connectivity index (χ1n) is 3.84. The highest BCUT2D eigenvalue weighted by molar-refractivity contribution is 7.54. The van der Waals surface area contributed by atoms with E-state index in [9.17, 15) is 0 Å². The summed E-state index contributed by atoms with van der Waals surface area (Å²) in [6.07, 6.45) is 0.930. The van der Waals surface area contributed by atoms with E-state index in [1.165, 1.54) is 0 Å². The molecule has 4 unspecified atom stereocenters. The van der Waals surface area contributed by atoms with Crippen molar-refractivity contribution < 1.29 is 0 Å². The normalized spacial score (nSPS) is 37.7. The number of halogens is 7. The number of rotatable bonds is 0. The van der Waals surface area contributed by atoms with E-state index in [0.29, 0.717) is 0 Å². The first-order chi connectivity index (χ1) is 6.36. The van der Waals surface area contributed by atoms with Crippen molar-refractivity contribution in [1.82, 2.24) is 0 Å². The third-order valence-electron chi connectivity index (χ3n) is 1.71. The van der Waals surface area contributed by atoms with Gasteiger partial charge in [0.15, 0.2) is 8.11 Å². The highest BCUT2D eigenvalue weighted by Crippen LogP contribution is 2.32. The van der Waals surface area contributed by atoms with Crippen molar-refractivity contribution in [2.75, 3.05) is 0 Å². The summed E-state index contributed by atoms with van der Waals surface area (Å²) in [6, 6.07) is 1.01. The molecule has 0 radical (unpaired) electrons. The van der Waals surface area contributed by atoms with Gasteiger partial charge in [-0.1, -0.05) is 0 Å². The second-order valence-electron chi connectivity index (χ2n) is 2.75. The molecule has 1 heterocycles. The van der Waals surface area contributed by atoms with Crippen LogP contribution in [-0.2, 0) is 0 Å². The van der Waals surface area contributed by atoms with Crippen LogP contribution in [0.2, 0.25) is 6.04 Å². The summed E-state index contributed by atoms with van der Waals surface area (Å²) < 4.78 is 0. The third-order valence-corrected chi connectivity index (χ3v) is 8.31. The second-order valence-corrected chi connectivity index (χ2v) is 15.2. The van der Waals surface area contributed by atoms with Crippen LogP contribution in [0.5, 0.6) is 0 Å². The maximum absolute atomic E-state index is 5.99. The van der Waals surface area contributed by atoms with E-state index >= 15 is 0 Å². The lowest BCUT2D eigenvalue weighted by Crippen LogP contribution is -2.40. The minimum atomic E-state index is -1.72. The van der Waals surface area contributed by atoms with Gasteiger partial charge in [-0.25, -0.2) is 0 Å². The quantitative estimate of drug-likeness (QED) is 0.340. The van der Waals surface area contributed by atoms with E-state index in [1.54, 1.807) is 0 Å². The van der Waals surface area contributed by atoms with Crippen LogP contribution >= 0.6 is 79.1 Å². The van der Waals surface area contributed by atoms with Crippen LogP contribution < -0.4 is 0 Å². The fourth-order valence-corrected chi connectivity index (χ4v) is 5.69. The van der Waals surface area contributed by atoms with Gasteiger partial charge in [0.05, 0.1) is 15.8 Å². The molecule has 0 saturated carbocycles. The molecule has 0 aromatic carbocycles. The molecule has 0 nitrogen and oxygen atoms in total. The van der Waals surface area contributed by atoms with Crippen LogP contribution in [0, 0.1) is 0 Å². The Labute approximate surface area is 121 Å². The Bertz CT molecular complexity index is 140. The fraction of sp³-hybridized carbons (Fsp3) is 1.00. The summed E-state index contributed by atoms with van der Waals surface area (Å²) in [4.78, 5) is 0. The van der Waals surface area contributed by atoms with E-state index in [2.05, 4.69) is 0 Å². The number of hydrogen-bond acceptors (Lipinski definition) is 0. The number of hydrogen-bond donors (Lipinski definition) is 0. The lowest BCUT2D eigenvalue weighted by atomic mass is 10.2. The fourth-order valence-electron chi connectivity index (χ4n) is 1.04. The summed E-state index contributed by atoms with van der Waals surface area (Å²) >= 11 is 38.5. The van der Waals surface area contributed by atoms with Crippen molar-refractivity contribution in [3.63, 3.8) is 0 Å². The van der Waals surface area contributed by atoms with Crippen LogP contribution in [0.25, 0.3) is 0 Å². The summed E-state index contributed by atoms with van der Waals surface area (Å²) in [7, 11) is -1.26. The zero-order valence-corrected chi connectivity index (χ0v) is 14.5. The summed E-state index contributed by atoms with van der Waals surface area (Å²) in [5, 5.41) is -0.141. The largest absolute Gasteiger partial charge is 0.326 e. The van der Waals surface area contributed by atoms with Crippen LogP contribution in [0.4, 0.5) is 0 Å². The van der Waals surface area contributed by atoms with Crippen LogP contribution in [0.1, 0.15) is 6.42 Å². The molecule has 14 heavy (non-hydrogen) atoms. The third kappa shape index (κ3) is 6.92. The minimum absolute atomic E-state index is 0.0201. The standard InChI is InChI=1S/C5H8Cl4Si.Cl3HSi/c6-3-1-2-10(9)5(8)4(3)7;1-4(2)3/h3-5,10H,1-2H2;4H. The first kappa shape index (κ1) is 16.5. The van der Waals surface area contributed by atoms with Gasteiger partial charge in [-0.2, -0.15) is 11.1 Å². The van der Waals surface area contributed by atoms with Crippen molar-refractivity contribution in [3.8, 4) is 0 Å². The van der Waals surface area contributed by atoms with Crippen LogP contribution in [0.3, 0.4) is 0 Å². The Morgan fingerprint density at radius 1 is 1.07 bits per heavy atom. The van der Waals surface area contributed by atoms with Gasteiger partial charge in [0.2, 0.25) is 0 Å². The molecule has 1 saturated heterocycles. The van der Waals surface area contributed by atoms with Crippen molar-refractivity contribution >= 4 is 94.0 Å². The summed E-state index contributed by atoms with van der Waals surface area (Å²) in [5.74, 6) is 0. The van der Waals surface area contributed by atoms with Crippen molar-refractivity contribution in [2.45, 2.75) is 28.2 Å². The lowest BCUT2D eigenvalue weighted by Gasteiger charge is -2.29. The maximum atomic E-state index is 5.99. The Morgan fingerprint density at radius 3 is 1.86 bits per heavy atom. The molecular formula is C5H9Cl7Si2. The van der Waals surface area contributed by atoms with Crippen molar-refractivity contribution in [2.24, 2.45) is 0 Å². The molecular weight excluding hydrogens is 364 g/mol. The average molecular weight is 373 g/mol. The summed E-state index contributed by atoms with van der Waals surface area (Å²) in [6.45, 7) is -1.72. The first-order valence-corrected chi connectivity index (χ1v) is 13.6. The molecule has 1 fully saturated rings. The molecule has 1 aliphatic heterocycles. The maximum Gasteiger partial charge on any atom is 0.326 e. The number of alkyl halides is 3. The molecule has 1 rings (SSSR count). The Balaban J connectivity index is 0.000000364. The highest BCUT2D eigenvalue weighted by Gasteiger charge is 2.36. The van der Waals surface area contributed by atoms with Gasteiger partial charge in [0, 0.05) is 0 Å². The van der Waals surface area contributed by atoms with Gasteiger partial charge in [-0.05, 0) is 12.5 Å². The van der Waals surface area contributed by atoms with Crippen LogP contribution in [-0.4, -0.2) is 30.6 Å². The van der Waals surface area contributed by atoms with Crippen molar-refractivity contribution in [1.29, 1.82) is 0 Å². The van der Waals surface area contributed by atoms with Crippen molar-refractivity contribution in [3.05, 3.63) is 0 Å². The molecule has 0 amide bonds. The molecule has 0 spiro atoms. The topological polar surface area (TPSA) is 0 Å². The highest BCUT2D eigenvalue weighted by atomic mass is 35.8. The predicted molar refractivity (Wildman–Crippen MR) is 76.1 cm³/mol. The molecule has 4 atom stereocenters. The molecule has 0 aromatic rings. The molecule has 9 heteroatoms. The van der Waals surface area contributed by atoms with Gasteiger partial charge in [0.1, 0.15) is 0 Å². The molecule has 86 valence electrons. The monoisotopic (exact) mass is 370 g/mol. The Hall–Kier alpha value is 2.46. The van der Waals surface area contributed by atoms with E-state index in [0.717, 1.165) is 12.5 Å². The molecule has 1 aliphatic rings. The molecule has 0 aromatic heterocycles. The molecule has 0 N–H and O–H groups in total. The van der Waals surface area contributed by atoms with Gasteiger partial charge in [-0.15, -0.1) is 68.0 Å². The summed E-state index contributed by atoms with van der Waals surface area (Å²) in [5.41, 5.74) is 0. The van der Waals surface area contributed by atoms with Gasteiger partial charge in [0.25, 0.3) is 0 Å². The predicted octanol–water partition coefficient (Wildman–Crippen LogP) is 4.13. The minimum Gasteiger partial charge on any atom is -0.170 e. The van der Waals surface area contributed by atoms with E-state index in [-0.39, 0.29) is 15.8 Å². The zero-order valence-electron chi connectivity index (χ0n) is 6.95. The zero-order chi connectivity index (χ0) is 11.3. The average Bonchev–Trinajstić information content (AvgIpc) is 2.07. The van der Waals surface area contributed by atoms with Gasteiger partial charge >= 0.3 is 6.73 Å². The second kappa shape index (κ2) is 8.54. The van der Waals surface area contributed by atoms with E-state index in [1.807, 2.05) is 0 Å². The van der Waals surface area contributed by atoms with E-state index in [4.69, 9.17) is 79.1 Å². The molecule has 0 aliphatic carbocycles. The van der Waals surface area contributed by atoms with Gasteiger partial charge in [-0.3, -0.25) is 0 Å². The Kier molecular flexibility index (Phi) is 10.0. The van der Waals surface area contributed by atoms with Gasteiger partial charge < -0.3 is 0 Å². The lowest BCUT2D eigenvalue weighted by molar-refractivity contribution is 0.731.